The lowest BCUT2D eigenvalue weighted by atomic mass is 10.1. The lowest BCUT2D eigenvalue weighted by Gasteiger charge is -2.07. The molecular formula is C8H8BrClFN. The van der Waals surface area contributed by atoms with E-state index in [1.54, 1.807) is 18.2 Å². The van der Waals surface area contributed by atoms with Gasteiger partial charge < -0.3 is 5.73 Å². The molecule has 1 rings (SSSR count). The quantitative estimate of drug-likeness (QED) is 0.860. The molecular weight excluding hydrogens is 244 g/mol. The molecule has 0 aliphatic rings. The molecule has 0 fully saturated rings. The first-order chi connectivity index (χ1) is 5.65. The predicted molar refractivity (Wildman–Crippen MR) is 52.1 cm³/mol. The highest BCUT2D eigenvalue weighted by Gasteiger charge is 2.10. The van der Waals surface area contributed by atoms with E-state index in [0.29, 0.717) is 15.1 Å². The molecule has 0 saturated heterocycles. The zero-order valence-corrected chi connectivity index (χ0v) is 8.57. The third-order valence-electron chi connectivity index (χ3n) is 1.51. The largest absolute Gasteiger partial charge is 0.327 e. The number of hydrogen-bond acceptors (Lipinski definition) is 1. The first kappa shape index (κ1) is 9.96. The molecule has 0 heterocycles. The Labute approximate surface area is 83.8 Å². The van der Waals surface area contributed by atoms with Crippen LogP contribution in [0.3, 0.4) is 0 Å². The van der Waals surface area contributed by atoms with Gasteiger partial charge in [-0.15, -0.1) is 0 Å². The minimum atomic E-state index is -1.13. The second-order valence-corrected chi connectivity index (χ2v) is 3.66. The Bertz CT molecular complexity index is 280. The molecule has 66 valence electrons. The van der Waals surface area contributed by atoms with Gasteiger partial charge >= 0.3 is 0 Å². The zero-order chi connectivity index (χ0) is 9.14. The number of benzene rings is 1. The summed E-state index contributed by atoms with van der Waals surface area (Å²) in [7, 11) is 0. The average Bonchev–Trinajstić information content (AvgIpc) is 2.03. The summed E-state index contributed by atoms with van der Waals surface area (Å²) in [6.07, 6.45) is -1.13. The topological polar surface area (TPSA) is 26.0 Å². The Balaban J connectivity index is 3.01. The van der Waals surface area contributed by atoms with Crippen LogP contribution >= 0.6 is 27.5 Å². The predicted octanol–water partition coefficient (Wildman–Crippen LogP) is 3.07. The highest BCUT2D eigenvalue weighted by molar-refractivity contribution is 9.10. The van der Waals surface area contributed by atoms with E-state index in [9.17, 15) is 4.39 Å². The SMILES string of the molecule is NCC(F)c1ccc(Cl)cc1Br. The number of hydrogen-bond donors (Lipinski definition) is 1. The smallest absolute Gasteiger partial charge is 0.138 e. The van der Waals surface area contributed by atoms with Crippen LogP contribution in [0.5, 0.6) is 0 Å². The minimum absolute atomic E-state index is 0.0137. The molecule has 0 aliphatic carbocycles. The summed E-state index contributed by atoms with van der Waals surface area (Å²) in [5, 5.41) is 0.579. The summed E-state index contributed by atoms with van der Waals surface area (Å²) < 4.78 is 13.7. The maximum Gasteiger partial charge on any atom is 0.138 e. The van der Waals surface area contributed by atoms with Crippen molar-refractivity contribution in [3.63, 3.8) is 0 Å². The van der Waals surface area contributed by atoms with Crippen molar-refractivity contribution in [3.8, 4) is 0 Å². The summed E-state index contributed by atoms with van der Waals surface area (Å²) in [5.74, 6) is 0. The normalized spacial score (nSPS) is 13.0. The zero-order valence-electron chi connectivity index (χ0n) is 6.23. The van der Waals surface area contributed by atoms with E-state index in [4.69, 9.17) is 17.3 Å². The van der Waals surface area contributed by atoms with Gasteiger partial charge in [0, 0.05) is 21.6 Å². The molecule has 0 aromatic heterocycles. The summed E-state index contributed by atoms with van der Waals surface area (Å²) in [4.78, 5) is 0. The second-order valence-electron chi connectivity index (χ2n) is 2.37. The van der Waals surface area contributed by atoms with E-state index < -0.39 is 6.17 Å². The van der Waals surface area contributed by atoms with Crippen LogP contribution in [0.15, 0.2) is 22.7 Å². The number of nitrogens with two attached hydrogens (primary N) is 1. The van der Waals surface area contributed by atoms with Crippen LogP contribution in [-0.2, 0) is 0 Å². The van der Waals surface area contributed by atoms with Crippen LogP contribution in [0.2, 0.25) is 5.02 Å². The van der Waals surface area contributed by atoms with Crippen molar-refractivity contribution in [3.05, 3.63) is 33.3 Å². The standard InChI is InChI=1S/C8H8BrClFN/c9-7-3-5(10)1-2-6(7)8(11)4-12/h1-3,8H,4,12H2. The lowest BCUT2D eigenvalue weighted by Crippen LogP contribution is -2.07. The fourth-order valence-electron chi connectivity index (χ4n) is 0.883. The monoisotopic (exact) mass is 251 g/mol. The van der Waals surface area contributed by atoms with Gasteiger partial charge in [0.25, 0.3) is 0 Å². The second kappa shape index (κ2) is 4.21. The summed E-state index contributed by atoms with van der Waals surface area (Å²) in [5.41, 5.74) is 5.73. The minimum Gasteiger partial charge on any atom is -0.327 e. The van der Waals surface area contributed by atoms with Crippen molar-refractivity contribution in [2.45, 2.75) is 6.17 Å². The Morgan fingerprint density at radius 3 is 2.75 bits per heavy atom. The van der Waals surface area contributed by atoms with Crippen LogP contribution in [0, 0.1) is 0 Å². The van der Waals surface area contributed by atoms with E-state index in [-0.39, 0.29) is 6.54 Å². The van der Waals surface area contributed by atoms with Gasteiger partial charge in [-0.3, -0.25) is 0 Å². The Hall–Kier alpha value is -0.120. The molecule has 1 aromatic carbocycles. The van der Waals surface area contributed by atoms with Crippen molar-refractivity contribution in [2.24, 2.45) is 5.73 Å². The molecule has 1 aromatic rings. The van der Waals surface area contributed by atoms with Gasteiger partial charge in [0.15, 0.2) is 0 Å². The van der Waals surface area contributed by atoms with Crippen LogP contribution in [-0.4, -0.2) is 6.54 Å². The average molecular weight is 253 g/mol. The number of rotatable bonds is 2. The highest BCUT2D eigenvalue weighted by atomic mass is 79.9. The first-order valence-electron chi connectivity index (χ1n) is 3.44. The van der Waals surface area contributed by atoms with Crippen molar-refractivity contribution in [1.29, 1.82) is 0 Å². The number of halogens is 3. The highest BCUT2D eigenvalue weighted by Crippen LogP contribution is 2.27. The van der Waals surface area contributed by atoms with E-state index >= 15 is 0 Å². The van der Waals surface area contributed by atoms with E-state index in [0.717, 1.165) is 0 Å². The molecule has 0 aliphatic heterocycles. The third kappa shape index (κ3) is 2.19. The lowest BCUT2D eigenvalue weighted by molar-refractivity contribution is 0.351. The Kier molecular flexibility index (Phi) is 3.50. The van der Waals surface area contributed by atoms with Crippen LogP contribution in [0.25, 0.3) is 0 Å². The molecule has 12 heavy (non-hydrogen) atoms. The Morgan fingerprint density at radius 2 is 2.25 bits per heavy atom. The molecule has 2 N–H and O–H groups in total. The molecule has 0 radical (unpaired) electrons. The molecule has 1 nitrogen and oxygen atoms in total. The van der Waals surface area contributed by atoms with Gasteiger partial charge in [-0.1, -0.05) is 33.6 Å². The van der Waals surface area contributed by atoms with Crippen LogP contribution in [0.1, 0.15) is 11.7 Å². The maximum absolute atomic E-state index is 13.1. The van der Waals surface area contributed by atoms with E-state index in [1.165, 1.54) is 0 Å². The number of alkyl halides is 1. The van der Waals surface area contributed by atoms with Gasteiger partial charge in [0.05, 0.1) is 0 Å². The fraction of sp³-hybridized carbons (Fsp3) is 0.250. The van der Waals surface area contributed by atoms with Crippen molar-refractivity contribution < 1.29 is 4.39 Å². The van der Waals surface area contributed by atoms with Crippen molar-refractivity contribution in [2.75, 3.05) is 6.54 Å². The fourth-order valence-corrected chi connectivity index (χ4v) is 1.81. The van der Waals surface area contributed by atoms with Crippen molar-refractivity contribution >= 4 is 27.5 Å². The molecule has 0 bridgehead atoms. The molecule has 0 amide bonds. The third-order valence-corrected chi connectivity index (χ3v) is 2.43. The maximum atomic E-state index is 13.1. The van der Waals surface area contributed by atoms with E-state index in [2.05, 4.69) is 15.9 Å². The van der Waals surface area contributed by atoms with Gasteiger partial charge in [-0.05, 0) is 12.1 Å². The van der Waals surface area contributed by atoms with E-state index in [1.807, 2.05) is 0 Å². The van der Waals surface area contributed by atoms with Gasteiger partial charge in [-0.2, -0.15) is 0 Å². The summed E-state index contributed by atoms with van der Waals surface area (Å²) in [6.45, 7) is -0.0137. The molecule has 1 unspecified atom stereocenters. The van der Waals surface area contributed by atoms with Gasteiger partial charge in [0.2, 0.25) is 0 Å². The van der Waals surface area contributed by atoms with Crippen LogP contribution < -0.4 is 5.73 Å². The summed E-state index contributed by atoms with van der Waals surface area (Å²) in [6, 6.07) is 4.92. The molecule has 0 spiro atoms. The van der Waals surface area contributed by atoms with Crippen LogP contribution in [0.4, 0.5) is 4.39 Å². The van der Waals surface area contributed by atoms with Gasteiger partial charge in [0.1, 0.15) is 6.17 Å². The van der Waals surface area contributed by atoms with Gasteiger partial charge in [-0.25, -0.2) is 4.39 Å². The van der Waals surface area contributed by atoms with Crippen molar-refractivity contribution in [1.82, 2.24) is 0 Å². The molecule has 1 atom stereocenters. The Morgan fingerprint density at radius 1 is 1.58 bits per heavy atom. The summed E-state index contributed by atoms with van der Waals surface area (Å²) >= 11 is 8.89. The first-order valence-corrected chi connectivity index (χ1v) is 4.61. The molecule has 0 saturated carbocycles. The molecule has 4 heteroatoms.